The highest BCUT2D eigenvalue weighted by Gasteiger charge is 2.32. The SMILES string of the molecule is CCOC(=O)c1c(C2CC2)csc1NC(=O)CSc1ccccc1. The Kier molecular flexibility index (Phi) is 5.58. The van der Waals surface area contributed by atoms with Gasteiger partial charge in [-0.25, -0.2) is 4.79 Å². The Morgan fingerprint density at radius 1 is 1.29 bits per heavy atom. The van der Waals surface area contributed by atoms with Crippen LogP contribution >= 0.6 is 23.1 Å². The first-order chi connectivity index (χ1) is 11.7. The number of anilines is 1. The summed E-state index contributed by atoms with van der Waals surface area (Å²) in [4.78, 5) is 25.5. The molecule has 0 atom stereocenters. The van der Waals surface area contributed by atoms with Crippen LogP contribution in [0.1, 0.15) is 41.6 Å². The van der Waals surface area contributed by atoms with Crippen LogP contribution in [0.15, 0.2) is 40.6 Å². The van der Waals surface area contributed by atoms with E-state index in [-0.39, 0.29) is 11.9 Å². The first-order valence-corrected chi connectivity index (χ1v) is 9.81. The Balaban J connectivity index is 1.67. The maximum absolute atomic E-state index is 12.3. The average Bonchev–Trinajstić information content (AvgIpc) is 3.35. The maximum Gasteiger partial charge on any atom is 0.341 e. The summed E-state index contributed by atoms with van der Waals surface area (Å²) < 4.78 is 5.17. The topological polar surface area (TPSA) is 55.4 Å². The number of carbonyl (C=O) groups excluding carboxylic acids is 2. The molecule has 0 radical (unpaired) electrons. The van der Waals surface area contributed by atoms with Crippen molar-refractivity contribution in [3.05, 3.63) is 46.8 Å². The van der Waals surface area contributed by atoms with Gasteiger partial charge in [0.05, 0.1) is 17.9 Å². The van der Waals surface area contributed by atoms with Gasteiger partial charge in [0.25, 0.3) is 0 Å². The molecular weight excluding hydrogens is 342 g/mol. The number of rotatable bonds is 7. The maximum atomic E-state index is 12.3. The molecule has 24 heavy (non-hydrogen) atoms. The molecule has 1 fully saturated rings. The van der Waals surface area contributed by atoms with Gasteiger partial charge in [0.15, 0.2) is 0 Å². The van der Waals surface area contributed by atoms with E-state index in [9.17, 15) is 9.59 Å². The number of hydrogen-bond donors (Lipinski definition) is 1. The summed E-state index contributed by atoms with van der Waals surface area (Å²) in [6.45, 7) is 2.12. The predicted octanol–water partition coefficient (Wildman–Crippen LogP) is 4.53. The molecule has 4 nitrogen and oxygen atoms in total. The smallest absolute Gasteiger partial charge is 0.341 e. The minimum Gasteiger partial charge on any atom is -0.462 e. The van der Waals surface area contributed by atoms with E-state index >= 15 is 0 Å². The van der Waals surface area contributed by atoms with Crippen molar-refractivity contribution in [3.8, 4) is 0 Å². The van der Waals surface area contributed by atoms with Gasteiger partial charge in [0.2, 0.25) is 5.91 Å². The van der Waals surface area contributed by atoms with Gasteiger partial charge in [0, 0.05) is 4.90 Å². The van der Waals surface area contributed by atoms with Gasteiger partial charge < -0.3 is 10.1 Å². The molecular formula is C18H19NO3S2. The van der Waals surface area contributed by atoms with Crippen LogP contribution in [0.3, 0.4) is 0 Å². The second-order valence-corrected chi connectivity index (χ2v) is 7.47. The van der Waals surface area contributed by atoms with E-state index in [0.29, 0.717) is 28.8 Å². The van der Waals surface area contributed by atoms with E-state index < -0.39 is 0 Å². The van der Waals surface area contributed by atoms with E-state index in [1.165, 1.54) is 23.1 Å². The van der Waals surface area contributed by atoms with Crippen molar-refractivity contribution in [2.24, 2.45) is 0 Å². The Labute approximate surface area is 149 Å². The van der Waals surface area contributed by atoms with Gasteiger partial charge in [-0.3, -0.25) is 4.79 Å². The first kappa shape index (κ1) is 17.0. The monoisotopic (exact) mass is 361 g/mol. The van der Waals surface area contributed by atoms with Crippen molar-refractivity contribution in [2.75, 3.05) is 17.7 Å². The lowest BCUT2D eigenvalue weighted by atomic mass is 10.1. The second-order valence-electron chi connectivity index (χ2n) is 5.54. The van der Waals surface area contributed by atoms with Gasteiger partial charge in [0.1, 0.15) is 5.00 Å². The highest BCUT2D eigenvalue weighted by molar-refractivity contribution is 8.00. The normalized spacial score (nSPS) is 13.5. The third-order valence-electron chi connectivity index (χ3n) is 3.68. The highest BCUT2D eigenvalue weighted by Crippen LogP contribution is 2.46. The fraction of sp³-hybridized carbons (Fsp3) is 0.333. The summed E-state index contributed by atoms with van der Waals surface area (Å²) in [5, 5.41) is 5.46. The third-order valence-corrected chi connectivity index (χ3v) is 5.61. The van der Waals surface area contributed by atoms with Crippen molar-refractivity contribution < 1.29 is 14.3 Å². The number of hydrogen-bond acceptors (Lipinski definition) is 5. The van der Waals surface area contributed by atoms with Gasteiger partial charge in [-0.2, -0.15) is 0 Å². The van der Waals surface area contributed by atoms with E-state index in [0.717, 1.165) is 23.3 Å². The van der Waals surface area contributed by atoms with Crippen molar-refractivity contribution in [2.45, 2.75) is 30.6 Å². The Morgan fingerprint density at radius 3 is 2.71 bits per heavy atom. The second kappa shape index (κ2) is 7.85. The van der Waals surface area contributed by atoms with Gasteiger partial charge in [-0.1, -0.05) is 18.2 Å². The Hall–Kier alpha value is -1.79. The average molecular weight is 361 g/mol. The molecule has 6 heteroatoms. The van der Waals surface area contributed by atoms with Crippen LogP contribution in [-0.2, 0) is 9.53 Å². The predicted molar refractivity (Wildman–Crippen MR) is 98.0 cm³/mol. The van der Waals surface area contributed by atoms with Crippen LogP contribution < -0.4 is 5.32 Å². The van der Waals surface area contributed by atoms with Gasteiger partial charge >= 0.3 is 5.97 Å². The molecule has 0 spiro atoms. The third kappa shape index (κ3) is 4.19. The molecule has 1 heterocycles. The van der Waals surface area contributed by atoms with Crippen LogP contribution in [0.5, 0.6) is 0 Å². The van der Waals surface area contributed by atoms with E-state index in [4.69, 9.17) is 4.74 Å². The standard InChI is InChI=1S/C18H19NO3S2/c1-2-22-18(21)16-14(12-8-9-12)10-24-17(16)19-15(20)11-23-13-6-4-3-5-7-13/h3-7,10,12H,2,8-9,11H2,1H3,(H,19,20). The van der Waals surface area contributed by atoms with Crippen molar-refractivity contribution in [1.29, 1.82) is 0 Å². The number of carbonyl (C=O) groups is 2. The number of esters is 1. The van der Waals surface area contributed by atoms with Gasteiger partial charge in [-0.05, 0) is 48.8 Å². The highest BCUT2D eigenvalue weighted by atomic mass is 32.2. The molecule has 0 bridgehead atoms. The van der Waals surface area contributed by atoms with Crippen LogP contribution in [-0.4, -0.2) is 24.2 Å². The largest absolute Gasteiger partial charge is 0.462 e. The number of benzene rings is 1. The van der Waals surface area contributed by atoms with Crippen LogP contribution in [0, 0.1) is 0 Å². The molecule has 0 unspecified atom stereocenters. The van der Waals surface area contributed by atoms with E-state index in [1.54, 1.807) is 6.92 Å². The molecule has 1 N–H and O–H groups in total. The number of thioether (sulfide) groups is 1. The van der Waals surface area contributed by atoms with Crippen LogP contribution in [0.2, 0.25) is 0 Å². The minimum absolute atomic E-state index is 0.112. The zero-order valence-electron chi connectivity index (χ0n) is 13.4. The fourth-order valence-corrected chi connectivity index (χ4v) is 4.17. The summed E-state index contributed by atoms with van der Waals surface area (Å²) in [7, 11) is 0. The Bertz CT molecular complexity index is 723. The Morgan fingerprint density at radius 2 is 2.04 bits per heavy atom. The molecule has 1 aliphatic carbocycles. The first-order valence-electron chi connectivity index (χ1n) is 7.95. The molecule has 1 aromatic carbocycles. The van der Waals surface area contributed by atoms with Crippen molar-refractivity contribution >= 4 is 40.0 Å². The number of amides is 1. The molecule has 2 aromatic rings. The lowest BCUT2D eigenvalue weighted by molar-refractivity contribution is -0.113. The molecule has 1 aliphatic rings. The number of ether oxygens (including phenoxy) is 1. The molecule has 3 rings (SSSR count). The van der Waals surface area contributed by atoms with Crippen LogP contribution in [0.4, 0.5) is 5.00 Å². The minimum atomic E-state index is -0.341. The van der Waals surface area contributed by atoms with Crippen molar-refractivity contribution in [1.82, 2.24) is 0 Å². The summed E-state index contributed by atoms with van der Waals surface area (Å²) >= 11 is 2.88. The van der Waals surface area contributed by atoms with E-state index in [1.807, 2.05) is 35.7 Å². The zero-order chi connectivity index (χ0) is 16.9. The van der Waals surface area contributed by atoms with E-state index in [2.05, 4.69) is 5.32 Å². The lowest BCUT2D eigenvalue weighted by Gasteiger charge is -2.08. The fourth-order valence-electron chi connectivity index (χ4n) is 2.40. The molecule has 1 saturated carbocycles. The number of thiophene rings is 1. The molecule has 0 saturated heterocycles. The summed E-state index contributed by atoms with van der Waals surface area (Å²) in [5.41, 5.74) is 1.56. The molecule has 126 valence electrons. The molecule has 0 aliphatic heterocycles. The number of nitrogens with one attached hydrogen (secondary N) is 1. The molecule has 1 amide bonds. The van der Waals surface area contributed by atoms with Crippen molar-refractivity contribution in [3.63, 3.8) is 0 Å². The molecule has 1 aromatic heterocycles. The van der Waals surface area contributed by atoms with Gasteiger partial charge in [-0.15, -0.1) is 23.1 Å². The summed E-state index contributed by atoms with van der Waals surface area (Å²) in [5.74, 6) is 0.290. The van der Waals surface area contributed by atoms with Crippen LogP contribution in [0.25, 0.3) is 0 Å². The summed E-state index contributed by atoms with van der Waals surface area (Å²) in [6, 6.07) is 9.78. The lowest BCUT2D eigenvalue weighted by Crippen LogP contribution is -2.16. The zero-order valence-corrected chi connectivity index (χ0v) is 15.0. The quantitative estimate of drug-likeness (QED) is 0.581. The summed E-state index contributed by atoms with van der Waals surface area (Å²) in [6.07, 6.45) is 2.20.